The first-order valence-corrected chi connectivity index (χ1v) is 7.32. The highest BCUT2D eigenvalue weighted by molar-refractivity contribution is 7.21. The first-order valence-electron chi connectivity index (χ1n) is 6.51. The minimum Gasteiger partial charge on any atom is -0.454 e. The number of nitrogens with one attached hydrogen (secondary N) is 1. The van der Waals surface area contributed by atoms with Gasteiger partial charge in [-0.15, -0.1) is 11.3 Å². The normalized spacial score (nSPS) is 11.4. The van der Waals surface area contributed by atoms with E-state index in [2.05, 4.69) is 10.3 Å². The average Bonchev–Trinajstić information content (AvgIpc) is 3.17. The summed E-state index contributed by atoms with van der Waals surface area (Å²) in [5, 5.41) is 12.2. The maximum absolute atomic E-state index is 11.5. The summed E-state index contributed by atoms with van der Waals surface area (Å²) in [6.45, 7) is 0. The van der Waals surface area contributed by atoms with E-state index >= 15 is 0 Å². The second kappa shape index (κ2) is 5.84. The summed E-state index contributed by atoms with van der Waals surface area (Å²) in [6, 6.07) is 13.2. The van der Waals surface area contributed by atoms with Gasteiger partial charge in [-0.05, 0) is 24.3 Å². The van der Waals surface area contributed by atoms with Crippen LogP contribution in [-0.4, -0.2) is 17.9 Å². The summed E-state index contributed by atoms with van der Waals surface area (Å²) in [4.78, 5) is 16.0. The smallest absolute Gasteiger partial charge is 0.261 e. The third-order valence-corrected chi connectivity index (χ3v) is 4.06. The predicted octanol–water partition coefficient (Wildman–Crippen LogP) is 3.21. The molecule has 6 heteroatoms. The number of amides is 1. The molecular formula is C16H11N3O2S. The highest BCUT2D eigenvalue weighted by Gasteiger charge is 2.12. The van der Waals surface area contributed by atoms with Crippen LogP contribution in [0.2, 0.25) is 0 Å². The number of hydrogen-bond donors (Lipinski definition) is 1. The van der Waals surface area contributed by atoms with Gasteiger partial charge in [0.05, 0.1) is 10.2 Å². The van der Waals surface area contributed by atoms with E-state index < -0.39 is 5.91 Å². The van der Waals surface area contributed by atoms with Crippen molar-refractivity contribution >= 4 is 33.5 Å². The van der Waals surface area contributed by atoms with Crippen LogP contribution in [0.25, 0.3) is 27.1 Å². The Morgan fingerprint density at radius 3 is 2.91 bits per heavy atom. The molecule has 0 radical (unpaired) electrons. The molecule has 3 aromatic rings. The molecule has 108 valence electrons. The fraction of sp³-hybridized carbons (Fsp3) is 0.0625. The second-order valence-electron chi connectivity index (χ2n) is 4.44. The number of hydrogen-bond acceptors (Lipinski definition) is 5. The zero-order valence-corrected chi connectivity index (χ0v) is 12.5. The Bertz CT molecular complexity index is 882. The Morgan fingerprint density at radius 1 is 1.36 bits per heavy atom. The van der Waals surface area contributed by atoms with E-state index in [0.717, 1.165) is 15.2 Å². The molecule has 0 saturated heterocycles. The molecule has 0 aliphatic rings. The monoisotopic (exact) mass is 309 g/mol. The maximum Gasteiger partial charge on any atom is 0.261 e. The largest absolute Gasteiger partial charge is 0.454 e. The third-order valence-electron chi connectivity index (χ3n) is 3.01. The quantitative estimate of drug-likeness (QED) is 0.595. The molecule has 1 N–H and O–H groups in total. The molecule has 0 aliphatic heterocycles. The number of rotatable bonds is 3. The van der Waals surface area contributed by atoms with E-state index in [0.29, 0.717) is 11.5 Å². The topological polar surface area (TPSA) is 78.9 Å². The number of benzene rings is 1. The maximum atomic E-state index is 11.5. The van der Waals surface area contributed by atoms with Crippen LogP contribution in [-0.2, 0) is 4.79 Å². The van der Waals surface area contributed by atoms with Gasteiger partial charge in [0.2, 0.25) is 0 Å². The van der Waals surface area contributed by atoms with Crippen LogP contribution in [0.4, 0.5) is 0 Å². The van der Waals surface area contributed by atoms with Crippen LogP contribution in [0.3, 0.4) is 0 Å². The van der Waals surface area contributed by atoms with Crippen LogP contribution in [0.5, 0.6) is 0 Å². The van der Waals surface area contributed by atoms with E-state index in [9.17, 15) is 4.79 Å². The summed E-state index contributed by atoms with van der Waals surface area (Å²) in [7, 11) is 1.47. The van der Waals surface area contributed by atoms with Crippen LogP contribution in [0.15, 0.2) is 46.4 Å². The van der Waals surface area contributed by atoms with Gasteiger partial charge in [0, 0.05) is 13.1 Å². The van der Waals surface area contributed by atoms with E-state index in [1.165, 1.54) is 24.5 Å². The third kappa shape index (κ3) is 2.62. The van der Waals surface area contributed by atoms with Crippen molar-refractivity contribution in [2.24, 2.45) is 0 Å². The van der Waals surface area contributed by atoms with E-state index in [1.54, 1.807) is 12.1 Å². The molecule has 5 nitrogen and oxygen atoms in total. The van der Waals surface area contributed by atoms with Gasteiger partial charge in [0.1, 0.15) is 17.4 Å². The molecule has 0 bridgehead atoms. The van der Waals surface area contributed by atoms with Crippen LogP contribution >= 0.6 is 11.3 Å². The fourth-order valence-electron chi connectivity index (χ4n) is 1.95. The van der Waals surface area contributed by atoms with Crippen molar-refractivity contribution in [3.05, 3.63) is 47.7 Å². The molecule has 0 aliphatic carbocycles. The molecular weight excluding hydrogens is 298 g/mol. The molecule has 0 fully saturated rings. The molecule has 1 aromatic carbocycles. The Hall–Kier alpha value is -2.91. The minimum absolute atomic E-state index is 0.00676. The summed E-state index contributed by atoms with van der Waals surface area (Å²) >= 11 is 1.53. The van der Waals surface area contributed by atoms with Crippen molar-refractivity contribution in [3.8, 4) is 16.8 Å². The summed E-state index contributed by atoms with van der Waals surface area (Å²) in [5.41, 5.74) is 0.909. The lowest BCUT2D eigenvalue weighted by molar-refractivity contribution is -0.116. The van der Waals surface area contributed by atoms with Gasteiger partial charge in [0.25, 0.3) is 5.91 Å². The Balaban J connectivity index is 1.95. The molecule has 2 aromatic heterocycles. The number of nitriles is 1. The number of para-hydroxylation sites is 1. The zero-order valence-electron chi connectivity index (χ0n) is 11.7. The van der Waals surface area contributed by atoms with Gasteiger partial charge >= 0.3 is 0 Å². The minimum atomic E-state index is -0.444. The highest BCUT2D eigenvalue weighted by atomic mass is 32.1. The van der Waals surface area contributed by atoms with Crippen molar-refractivity contribution in [2.45, 2.75) is 0 Å². The van der Waals surface area contributed by atoms with Gasteiger partial charge in [-0.1, -0.05) is 12.1 Å². The second-order valence-corrected chi connectivity index (χ2v) is 5.47. The lowest BCUT2D eigenvalue weighted by Crippen LogP contribution is -2.18. The van der Waals surface area contributed by atoms with E-state index in [4.69, 9.17) is 9.68 Å². The first kappa shape index (κ1) is 14.0. The van der Waals surface area contributed by atoms with Crippen molar-refractivity contribution in [1.82, 2.24) is 10.3 Å². The predicted molar refractivity (Wildman–Crippen MR) is 85.0 cm³/mol. The van der Waals surface area contributed by atoms with Crippen molar-refractivity contribution < 1.29 is 9.21 Å². The fourth-order valence-corrected chi connectivity index (χ4v) is 2.88. The number of carbonyl (C=O) groups is 1. The van der Waals surface area contributed by atoms with Gasteiger partial charge in [-0.2, -0.15) is 5.26 Å². The number of likely N-dealkylation sites (N-methyl/N-ethyl adjacent to an activating group) is 1. The number of thiazole rings is 1. The Morgan fingerprint density at radius 2 is 2.18 bits per heavy atom. The Kier molecular flexibility index (Phi) is 3.73. The van der Waals surface area contributed by atoms with Crippen LogP contribution < -0.4 is 5.32 Å². The zero-order chi connectivity index (χ0) is 15.5. The first-order chi connectivity index (χ1) is 10.7. The number of fused-ring (bicyclic) bond motifs is 1. The van der Waals surface area contributed by atoms with Crippen LogP contribution in [0, 0.1) is 11.3 Å². The average molecular weight is 309 g/mol. The summed E-state index contributed by atoms with van der Waals surface area (Å²) < 4.78 is 6.74. The summed E-state index contributed by atoms with van der Waals surface area (Å²) in [5.74, 6) is 0.608. The van der Waals surface area contributed by atoms with Crippen molar-refractivity contribution in [1.29, 1.82) is 5.26 Å². The van der Waals surface area contributed by atoms with Gasteiger partial charge in [0.15, 0.2) is 10.8 Å². The lowest BCUT2D eigenvalue weighted by atomic mass is 10.2. The van der Waals surface area contributed by atoms with E-state index in [1.807, 2.05) is 30.3 Å². The Labute approximate surface area is 130 Å². The number of furan rings is 1. The summed E-state index contributed by atoms with van der Waals surface area (Å²) in [6.07, 6.45) is 1.41. The standard InChI is InChI=1S/C16H11N3O2S/c1-18-15(20)10(9-17)8-11-6-7-13(21-11)16-19-12-4-2-3-5-14(12)22-16/h2-8H,1H3,(H,18,20)/b10-8+. The van der Waals surface area contributed by atoms with Crippen LogP contribution in [0.1, 0.15) is 5.76 Å². The highest BCUT2D eigenvalue weighted by Crippen LogP contribution is 2.31. The van der Waals surface area contributed by atoms with Gasteiger partial charge in [-0.3, -0.25) is 4.79 Å². The molecule has 2 heterocycles. The molecule has 0 saturated carbocycles. The molecule has 22 heavy (non-hydrogen) atoms. The number of nitrogens with zero attached hydrogens (tertiary/aromatic N) is 2. The van der Waals surface area contributed by atoms with Gasteiger partial charge in [-0.25, -0.2) is 4.98 Å². The molecule has 0 unspecified atom stereocenters. The van der Waals surface area contributed by atoms with Crippen molar-refractivity contribution in [2.75, 3.05) is 7.05 Å². The molecule has 0 atom stereocenters. The van der Waals surface area contributed by atoms with Gasteiger partial charge < -0.3 is 9.73 Å². The number of carbonyl (C=O) groups excluding carboxylic acids is 1. The molecule has 1 amide bonds. The SMILES string of the molecule is CNC(=O)/C(C#N)=C/c1ccc(-c2nc3ccccc3s2)o1. The molecule has 3 rings (SSSR count). The molecule has 0 spiro atoms. The van der Waals surface area contributed by atoms with E-state index in [-0.39, 0.29) is 5.57 Å². The van der Waals surface area contributed by atoms with Crippen molar-refractivity contribution in [3.63, 3.8) is 0 Å². The lowest BCUT2D eigenvalue weighted by Gasteiger charge is -1.94. The number of aromatic nitrogens is 1.